The number of piperidine rings is 1. The Morgan fingerprint density at radius 1 is 1.12 bits per heavy atom. The highest BCUT2D eigenvalue weighted by atomic mass is 35.5. The van der Waals surface area contributed by atoms with Gasteiger partial charge in [0.05, 0.1) is 23.8 Å². The van der Waals surface area contributed by atoms with Gasteiger partial charge in [0.1, 0.15) is 5.75 Å². The molecule has 0 aromatic heterocycles. The molecule has 0 spiro atoms. The van der Waals surface area contributed by atoms with Crippen LogP contribution in [0.15, 0.2) is 72.8 Å². The lowest BCUT2D eigenvalue weighted by atomic mass is 9.80. The summed E-state index contributed by atoms with van der Waals surface area (Å²) < 4.78 is 6.13. The van der Waals surface area contributed by atoms with Crippen LogP contribution in [-0.2, 0) is 5.60 Å². The summed E-state index contributed by atoms with van der Waals surface area (Å²) >= 11 is 6.01. The van der Waals surface area contributed by atoms with E-state index < -0.39 is 5.60 Å². The minimum atomic E-state index is -0.780. The van der Waals surface area contributed by atoms with Crippen molar-refractivity contribution in [1.82, 2.24) is 4.90 Å². The third kappa shape index (κ3) is 4.70. The molecule has 2 atom stereocenters. The average molecular weight is 473 g/mol. The second-order valence-corrected chi connectivity index (χ2v) is 9.86. The predicted molar refractivity (Wildman–Crippen MR) is 136 cm³/mol. The second kappa shape index (κ2) is 9.80. The zero-order valence-corrected chi connectivity index (χ0v) is 19.9. The topological polar surface area (TPSA) is 56.5 Å². The monoisotopic (exact) mass is 472 g/mol. The summed E-state index contributed by atoms with van der Waals surface area (Å²) in [7, 11) is 0. The van der Waals surface area contributed by atoms with Crippen molar-refractivity contribution >= 4 is 17.2 Å². The van der Waals surface area contributed by atoms with Gasteiger partial charge in [0, 0.05) is 42.1 Å². The van der Waals surface area contributed by atoms with Crippen molar-refractivity contribution in [3.8, 4) is 11.8 Å². The van der Waals surface area contributed by atoms with Crippen LogP contribution >= 0.6 is 11.6 Å². The molecule has 0 radical (unpaired) electrons. The molecule has 174 valence electrons. The molecule has 1 N–H and O–H groups in total. The largest absolute Gasteiger partial charge is 0.492 e. The molecule has 2 aromatic rings. The number of nitrogens with zero attached hydrogens (tertiary/aromatic N) is 2. The molecule has 0 bridgehead atoms. The highest BCUT2D eigenvalue weighted by molar-refractivity contribution is 6.30. The summed E-state index contributed by atoms with van der Waals surface area (Å²) in [6, 6.07) is 15.6. The maximum absolute atomic E-state index is 11.2. The van der Waals surface area contributed by atoms with Crippen molar-refractivity contribution in [2.75, 3.05) is 26.2 Å². The molecular formula is C29H29ClN2O2. The molecule has 3 aliphatic rings. The first-order chi connectivity index (χ1) is 16.6. The molecule has 2 heterocycles. The zero-order valence-electron chi connectivity index (χ0n) is 19.2. The van der Waals surface area contributed by atoms with Gasteiger partial charge in [-0.3, -0.25) is 0 Å². The molecule has 2 aliphatic heterocycles. The summed E-state index contributed by atoms with van der Waals surface area (Å²) in [5.74, 6) is 1.39. The van der Waals surface area contributed by atoms with Gasteiger partial charge >= 0.3 is 0 Å². The quantitative estimate of drug-likeness (QED) is 0.618. The standard InChI is InChI=1S/C29H29ClN2O2/c30-24-10-8-23(9-11-24)29(33)13-16-32(17-14-29)15-3-6-26-25-5-2-1-4-22(25)20-34-28-12-7-21(19-31)18-27(26)28/h1-2,4-12,18,22,25,33H,3,13-17,20H2. The maximum atomic E-state index is 11.2. The van der Waals surface area contributed by atoms with E-state index in [4.69, 9.17) is 16.3 Å². The van der Waals surface area contributed by atoms with Crippen LogP contribution in [0.4, 0.5) is 0 Å². The highest BCUT2D eigenvalue weighted by Crippen LogP contribution is 2.42. The van der Waals surface area contributed by atoms with Gasteiger partial charge in [-0.1, -0.05) is 54.1 Å². The number of rotatable bonds is 4. The number of ether oxygens (including phenoxy) is 1. The van der Waals surface area contributed by atoms with Gasteiger partial charge in [0.15, 0.2) is 0 Å². The summed E-state index contributed by atoms with van der Waals surface area (Å²) in [5, 5.41) is 21.3. The van der Waals surface area contributed by atoms with Gasteiger partial charge in [-0.25, -0.2) is 0 Å². The lowest BCUT2D eigenvalue weighted by Gasteiger charge is -2.38. The van der Waals surface area contributed by atoms with E-state index in [1.165, 1.54) is 5.57 Å². The highest BCUT2D eigenvalue weighted by Gasteiger charge is 2.34. The summed E-state index contributed by atoms with van der Waals surface area (Å²) in [5.41, 5.74) is 3.09. The summed E-state index contributed by atoms with van der Waals surface area (Å²) in [6.45, 7) is 3.28. The Hall–Kier alpha value is -2.84. The Morgan fingerprint density at radius 3 is 2.65 bits per heavy atom. The van der Waals surface area contributed by atoms with Crippen molar-refractivity contribution in [3.63, 3.8) is 0 Å². The summed E-state index contributed by atoms with van der Waals surface area (Å²) in [4.78, 5) is 2.43. The number of likely N-dealkylation sites (tertiary alicyclic amines) is 1. The Kier molecular flexibility index (Phi) is 6.61. The summed E-state index contributed by atoms with van der Waals surface area (Å²) in [6.07, 6.45) is 13.3. The van der Waals surface area contributed by atoms with Crippen molar-refractivity contribution < 1.29 is 9.84 Å². The number of nitriles is 1. The molecule has 0 saturated carbocycles. The van der Waals surface area contributed by atoms with Gasteiger partial charge < -0.3 is 14.7 Å². The Bertz CT molecular complexity index is 1170. The Morgan fingerprint density at radius 2 is 1.88 bits per heavy atom. The third-order valence-corrected chi connectivity index (χ3v) is 7.59. The van der Waals surface area contributed by atoms with Crippen molar-refractivity contribution in [3.05, 3.63) is 94.6 Å². The normalized spacial score (nSPS) is 24.6. The number of allylic oxidation sites excluding steroid dienone is 4. The molecule has 0 amide bonds. The van der Waals surface area contributed by atoms with E-state index in [0.29, 0.717) is 36.0 Å². The van der Waals surface area contributed by atoms with Crippen LogP contribution in [0.1, 0.15) is 36.0 Å². The number of hydrogen-bond acceptors (Lipinski definition) is 4. The van der Waals surface area contributed by atoms with Gasteiger partial charge in [-0.2, -0.15) is 5.26 Å². The van der Waals surface area contributed by atoms with Crippen LogP contribution in [0.3, 0.4) is 0 Å². The van der Waals surface area contributed by atoms with Gasteiger partial charge in [-0.05, 0) is 60.7 Å². The molecule has 1 saturated heterocycles. The van der Waals surface area contributed by atoms with Crippen LogP contribution in [-0.4, -0.2) is 36.2 Å². The van der Waals surface area contributed by atoms with E-state index in [1.807, 2.05) is 42.5 Å². The molecule has 2 aromatic carbocycles. The van der Waals surface area contributed by atoms with Crippen molar-refractivity contribution in [1.29, 1.82) is 5.26 Å². The molecular weight excluding hydrogens is 444 g/mol. The minimum Gasteiger partial charge on any atom is -0.492 e. The van der Waals surface area contributed by atoms with Crippen LogP contribution in [0.25, 0.3) is 5.57 Å². The lowest BCUT2D eigenvalue weighted by Crippen LogP contribution is -2.42. The lowest BCUT2D eigenvalue weighted by molar-refractivity contribution is -0.0254. The van der Waals surface area contributed by atoms with Gasteiger partial charge in [0.2, 0.25) is 0 Å². The molecule has 1 fully saturated rings. The van der Waals surface area contributed by atoms with E-state index in [0.717, 1.165) is 42.9 Å². The molecule has 4 nitrogen and oxygen atoms in total. The van der Waals surface area contributed by atoms with Crippen LogP contribution in [0.2, 0.25) is 5.02 Å². The Labute approximate surface area is 206 Å². The molecule has 5 rings (SSSR count). The van der Waals surface area contributed by atoms with Crippen LogP contribution < -0.4 is 4.74 Å². The number of halogens is 1. The van der Waals surface area contributed by atoms with Crippen molar-refractivity contribution in [2.24, 2.45) is 11.8 Å². The van der Waals surface area contributed by atoms with Gasteiger partial charge in [0.25, 0.3) is 0 Å². The first-order valence-electron chi connectivity index (χ1n) is 12.0. The molecule has 5 heteroatoms. The van der Waals surface area contributed by atoms with Crippen LogP contribution in [0, 0.1) is 23.2 Å². The minimum absolute atomic E-state index is 0.247. The fraction of sp³-hybridized carbons (Fsp3) is 0.345. The first kappa shape index (κ1) is 22.9. The van der Waals surface area contributed by atoms with Gasteiger partial charge in [-0.15, -0.1) is 0 Å². The number of fused-ring (bicyclic) bond motifs is 2. The third-order valence-electron chi connectivity index (χ3n) is 7.33. The van der Waals surface area contributed by atoms with Crippen molar-refractivity contribution in [2.45, 2.75) is 24.9 Å². The van der Waals surface area contributed by atoms with Crippen LogP contribution in [0.5, 0.6) is 5.75 Å². The fourth-order valence-corrected chi connectivity index (χ4v) is 5.43. The molecule has 1 aliphatic carbocycles. The number of hydrogen-bond donors (Lipinski definition) is 1. The predicted octanol–water partition coefficient (Wildman–Crippen LogP) is 5.72. The van der Waals surface area contributed by atoms with E-state index in [9.17, 15) is 10.4 Å². The van der Waals surface area contributed by atoms with E-state index in [1.54, 1.807) is 0 Å². The number of aliphatic hydroxyl groups is 1. The number of benzene rings is 2. The average Bonchev–Trinajstić information content (AvgIpc) is 3.02. The van der Waals surface area contributed by atoms with E-state index >= 15 is 0 Å². The van der Waals surface area contributed by atoms with E-state index in [-0.39, 0.29) is 5.92 Å². The Balaban J connectivity index is 1.30. The maximum Gasteiger partial charge on any atom is 0.126 e. The molecule has 34 heavy (non-hydrogen) atoms. The van der Waals surface area contributed by atoms with E-state index in [2.05, 4.69) is 41.3 Å². The fourth-order valence-electron chi connectivity index (χ4n) is 5.31. The first-order valence-corrected chi connectivity index (χ1v) is 12.4. The molecule has 2 unspecified atom stereocenters. The zero-order chi connectivity index (χ0) is 23.5. The second-order valence-electron chi connectivity index (χ2n) is 9.42. The smallest absolute Gasteiger partial charge is 0.126 e. The SMILES string of the molecule is N#Cc1ccc2c(c1)C(=CCCN1CCC(O)(c3ccc(Cl)cc3)CC1)C1C=CC=CC1CO2.